The zero-order valence-corrected chi connectivity index (χ0v) is 14.8. The lowest BCUT2D eigenvalue weighted by atomic mass is 10.1. The van der Waals surface area contributed by atoms with E-state index in [2.05, 4.69) is 46.9 Å². The largest absolute Gasteiger partial charge is 0.456 e. The van der Waals surface area contributed by atoms with E-state index in [1.54, 1.807) is 0 Å². The zero-order chi connectivity index (χ0) is 18.2. The van der Waals surface area contributed by atoms with Gasteiger partial charge in [0.05, 0.1) is 22.1 Å². The van der Waals surface area contributed by atoms with E-state index in [1.807, 2.05) is 36.5 Å². The molecule has 0 aliphatic rings. The van der Waals surface area contributed by atoms with E-state index >= 15 is 0 Å². The Morgan fingerprint density at radius 1 is 0.679 bits per heavy atom. The third-order valence-electron chi connectivity index (χ3n) is 5.60. The van der Waals surface area contributed by atoms with Gasteiger partial charge in [0.2, 0.25) is 0 Å². The SMILES string of the molecule is c1ccc2c(c1)nc1c3cccnc3c3cc4c(cc3n21)oc1ccccc14. The van der Waals surface area contributed by atoms with Crippen molar-refractivity contribution in [1.82, 2.24) is 14.4 Å². The molecule has 130 valence electrons. The van der Waals surface area contributed by atoms with E-state index in [4.69, 9.17) is 14.4 Å². The summed E-state index contributed by atoms with van der Waals surface area (Å²) in [4.78, 5) is 9.63. The lowest BCUT2D eigenvalue weighted by Crippen LogP contribution is -1.92. The third kappa shape index (κ3) is 1.65. The van der Waals surface area contributed by atoms with Crippen LogP contribution in [0, 0.1) is 0 Å². The Kier molecular flexibility index (Phi) is 2.46. The highest BCUT2D eigenvalue weighted by molar-refractivity contribution is 6.17. The van der Waals surface area contributed by atoms with Gasteiger partial charge in [-0.05, 0) is 36.4 Å². The molecule has 0 fully saturated rings. The van der Waals surface area contributed by atoms with Gasteiger partial charge in [0.25, 0.3) is 0 Å². The van der Waals surface area contributed by atoms with Crippen LogP contribution in [0.4, 0.5) is 0 Å². The van der Waals surface area contributed by atoms with Crippen molar-refractivity contribution in [3.05, 3.63) is 79.0 Å². The minimum Gasteiger partial charge on any atom is -0.456 e. The molecule has 0 atom stereocenters. The second-order valence-electron chi connectivity index (χ2n) is 7.12. The van der Waals surface area contributed by atoms with Crippen molar-refractivity contribution in [3.63, 3.8) is 0 Å². The molecular formula is C24H13N3O. The molecule has 4 heteroatoms. The number of benzene rings is 3. The molecular weight excluding hydrogens is 346 g/mol. The maximum absolute atomic E-state index is 6.16. The molecule has 0 aliphatic carbocycles. The Bertz CT molecular complexity index is 1720. The Hall–Kier alpha value is -3.92. The number of nitrogens with zero attached hydrogens (tertiary/aromatic N) is 3. The lowest BCUT2D eigenvalue weighted by Gasteiger charge is -2.08. The van der Waals surface area contributed by atoms with Crippen LogP contribution < -0.4 is 0 Å². The maximum Gasteiger partial charge on any atom is 0.147 e. The first kappa shape index (κ1) is 14.2. The summed E-state index contributed by atoms with van der Waals surface area (Å²) in [7, 11) is 0. The average Bonchev–Trinajstić information content (AvgIpc) is 3.31. The fraction of sp³-hybridized carbons (Fsp3) is 0. The molecule has 0 saturated heterocycles. The molecule has 0 spiro atoms. The van der Waals surface area contributed by atoms with Gasteiger partial charge in [0.15, 0.2) is 0 Å². The van der Waals surface area contributed by atoms with E-state index in [9.17, 15) is 0 Å². The topological polar surface area (TPSA) is 43.3 Å². The van der Waals surface area contributed by atoms with Crippen molar-refractivity contribution in [1.29, 1.82) is 0 Å². The number of pyridine rings is 2. The minimum absolute atomic E-state index is 0.878. The molecule has 4 aromatic heterocycles. The first-order valence-corrected chi connectivity index (χ1v) is 9.27. The normalized spacial score (nSPS) is 12.3. The third-order valence-corrected chi connectivity index (χ3v) is 5.60. The van der Waals surface area contributed by atoms with E-state index in [0.717, 1.165) is 60.4 Å². The van der Waals surface area contributed by atoms with Crippen molar-refractivity contribution in [2.24, 2.45) is 0 Å². The Labute approximate surface area is 158 Å². The van der Waals surface area contributed by atoms with Gasteiger partial charge in [-0.25, -0.2) is 4.98 Å². The Morgan fingerprint density at radius 2 is 1.54 bits per heavy atom. The summed E-state index contributed by atoms with van der Waals surface area (Å²) < 4.78 is 8.38. The molecule has 4 nitrogen and oxygen atoms in total. The monoisotopic (exact) mass is 359 g/mol. The molecule has 0 radical (unpaired) electrons. The van der Waals surface area contributed by atoms with Crippen LogP contribution >= 0.6 is 0 Å². The van der Waals surface area contributed by atoms with Gasteiger partial charge in [-0.2, -0.15) is 0 Å². The van der Waals surface area contributed by atoms with Crippen LogP contribution in [0.25, 0.3) is 60.4 Å². The van der Waals surface area contributed by atoms with E-state index in [1.165, 1.54) is 0 Å². The van der Waals surface area contributed by atoms with E-state index < -0.39 is 0 Å². The zero-order valence-electron chi connectivity index (χ0n) is 14.8. The quantitative estimate of drug-likeness (QED) is 0.308. The summed E-state index contributed by atoms with van der Waals surface area (Å²) in [6, 6.07) is 24.8. The van der Waals surface area contributed by atoms with Gasteiger partial charge in [-0.15, -0.1) is 0 Å². The number of aromatic nitrogens is 3. The first-order valence-electron chi connectivity index (χ1n) is 9.27. The molecule has 0 saturated carbocycles. The standard InChI is InChI=1S/C24H13N3O/c1-4-10-21-14(6-1)16-12-17-20(13-22(16)28-21)27-19-9-3-2-8-18(19)26-24(27)15-7-5-11-25-23(15)17/h1-13H. The predicted octanol–water partition coefficient (Wildman–Crippen LogP) is 6.09. The van der Waals surface area contributed by atoms with Crippen molar-refractivity contribution < 1.29 is 4.42 Å². The molecule has 3 aromatic carbocycles. The van der Waals surface area contributed by atoms with Gasteiger partial charge in [-0.3, -0.25) is 9.38 Å². The van der Waals surface area contributed by atoms with Crippen LogP contribution in [0.5, 0.6) is 0 Å². The fourth-order valence-electron chi connectivity index (χ4n) is 4.39. The van der Waals surface area contributed by atoms with Crippen LogP contribution in [0.3, 0.4) is 0 Å². The fourth-order valence-corrected chi connectivity index (χ4v) is 4.39. The van der Waals surface area contributed by atoms with Gasteiger partial charge < -0.3 is 4.42 Å². The predicted molar refractivity (Wildman–Crippen MR) is 113 cm³/mol. The minimum atomic E-state index is 0.878. The Balaban J connectivity index is 1.85. The number of rotatable bonds is 0. The molecule has 0 amide bonds. The van der Waals surface area contributed by atoms with Crippen LogP contribution in [0.1, 0.15) is 0 Å². The summed E-state index contributed by atoms with van der Waals surface area (Å²) in [5.74, 6) is 0. The number of para-hydroxylation sites is 3. The summed E-state index contributed by atoms with van der Waals surface area (Å²) >= 11 is 0. The number of hydrogen-bond donors (Lipinski definition) is 0. The molecule has 0 N–H and O–H groups in total. The number of hydrogen-bond acceptors (Lipinski definition) is 3. The van der Waals surface area contributed by atoms with Crippen molar-refractivity contribution in [2.75, 3.05) is 0 Å². The highest BCUT2D eigenvalue weighted by atomic mass is 16.3. The molecule has 7 rings (SSSR count). The van der Waals surface area contributed by atoms with Crippen LogP contribution in [0.2, 0.25) is 0 Å². The summed E-state index contributed by atoms with van der Waals surface area (Å²) in [6.45, 7) is 0. The van der Waals surface area contributed by atoms with Crippen molar-refractivity contribution in [2.45, 2.75) is 0 Å². The summed E-state index contributed by atoms with van der Waals surface area (Å²) in [5.41, 5.74) is 6.79. The smallest absolute Gasteiger partial charge is 0.147 e. The van der Waals surface area contributed by atoms with Gasteiger partial charge in [0.1, 0.15) is 16.8 Å². The number of fused-ring (bicyclic) bond motifs is 11. The van der Waals surface area contributed by atoms with Crippen molar-refractivity contribution >= 4 is 60.4 Å². The van der Waals surface area contributed by atoms with Crippen LogP contribution in [0.15, 0.2) is 83.4 Å². The van der Waals surface area contributed by atoms with E-state index in [-0.39, 0.29) is 0 Å². The first-order chi connectivity index (χ1) is 13.9. The summed E-state index contributed by atoms with van der Waals surface area (Å²) in [5, 5.41) is 4.39. The van der Waals surface area contributed by atoms with E-state index in [0.29, 0.717) is 0 Å². The molecule has 7 aromatic rings. The molecule has 0 bridgehead atoms. The molecule has 4 heterocycles. The highest BCUT2D eigenvalue weighted by Crippen LogP contribution is 2.36. The number of imidazole rings is 1. The molecule has 28 heavy (non-hydrogen) atoms. The van der Waals surface area contributed by atoms with Gasteiger partial charge in [-0.1, -0.05) is 30.3 Å². The van der Waals surface area contributed by atoms with Gasteiger partial charge >= 0.3 is 0 Å². The number of furan rings is 1. The molecule has 0 unspecified atom stereocenters. The Morgan fingerprint density at radius 3 is 2.54 bits per heavy atom. The highest BCUT2D eigenvalue weighted by Gasteiger charge is 2.16. The van der Waals surface area contributed by atoms with Crippen molar-refractivity contribution in [3.8, 4) is 0 Å². The molecule has 0 aliphatic heterocycles. The van der Waals surface area contributed by atoms with Crippen LogP contribution in [-0.2, 0) is 0 Å². The van der Waals surface area contributed by atoms with Crippen LogP contribution in [-0.4, -0.2) is 14.4 Å². The maximum atomic E-state index is 6.16. The second-order valence-corrected chi connectivity index (χ2v) is 7.12. The second kappa shape index (κ2) is 4.87. The summed E-state index contributed by atoms with van der Waals surface area (Å²) in [6.07, 6.45) is 1.85. The van der Waals surface area contributed by atoms with Gasteiger partial charge in [0, 0.05) is 33.8 Å². The lowest BCUT2D eigenvalue weighted by molar-refractivity contribution is 0.669. The average molecular weight is 359 g/mol.